The van der Waals surface area contributed by atoms with Gasteiger partial charge in [-0.3, -0.25) is 4.98 Å². The molecule has 0 radical (unpaired) electrons. The first kappa shape index (κ1) is 42.7. The Labute approximate surface area is 426 Å². The van der Waals surface area contributed by atoms with Crippen molar-refractivity contribution in [2.24, 2.45) is 0 Å². The van der Waals surface area contributed by atoms with Gasteiger partial charge in [0.25, 0.3) is 0 Å². The van der Waals surface area contributed by atoms with Gasteiger partial charge in [-0.15, -0.1) is 23.8 Å². The molecule has 1 saturated heterocycles. The maximum Gasteiger partial charge on any atom is 2.00 e. The molecule has 3 aromatic heterocycles. The fraction of sp³-hybridized carbons (Fsp3) is 0.226. The molecule has 0 saturated carbocycles. The molecule has 5 nitrogen and oxygen atoms in total. The summed E-state index contributed by atoms with van der Waals surface area (Å²) in [7, 11) is -1.12. The third kappa shape index (κ3) is 8.94. The summed E-state index contributed by atoms with van der Waals surface area (Å²) in [6.07, 6.45) is 4.01. The van der Waals surface area contributed by atoms with Gasteiger partial charge in [0.05, 0.1) is 22.4 Å². The summed E-state index contributed by atoms with van der Waals surface area (Å²) in [5, 5.41) is 1.73. The number of aromatic nitrogens is 3. The smallest absolute Gasteiger partial charge is 0.501 e. The molecule has 0 atom stereocenters. The van der Waals surface area contributed by atoms with Gasteiger partial charge in [-0.2, -0.15) is 0 Å². The van der Waals surface area contributed by atoms with Crippen LogP contribution >= 0.6 is 0 Å². The maximum atomic E-state index is 8.51. The Bertz CT molecular complexity index is 3580. The first-order chi connectivity index (χ1) is 34.2. The van der Waals surface area contributed by atoms with E-state index in [9.17, 15) is 0 Å². The number of ether oxygens (including phenoxy) is 1. The molecule has 0 bridgehead atoms. The van der Waals surface area contributed by atoms with Crippen molar-refractivity contribution < 1.29 is 34.3 Å². The zero-order chi connectivity index (χ0) is 49.2. The summed E-state index contributed by atoms with van der Waals surface area (Å²) in [4.78, 5) is 10.1. The Morgan fingerprint density at radius 1 is 0.710 bits per heavy atom. The van der Waals surface area contributed by atoms with Crippen molar-refractivity contribution in [2.45, 2.75) is 90.3 Å². The van der Waals surface area contributed by atoms with Crippen LogP contribution in [0.3, 0.4) is 0 Å². The van der Waals surface area contributed by atoms with E-state index in [0.717, 1.165) is 49.9 Å². The Morgan fingerprint density at radius 3 is 2.13 bits per heavy atom. The van der Waals surface area contributed by atoms with Gasteiger partial charge in [-0.05, 0) is 106 Å². The van der Waals surface area contributed by atoms with E-state index in [1.54, 1.807) is 0 Å². The SMILES string of the molecule is [2H]C([2H])([2H])c1cnc(-c2[c-]c(Oc3[c-]c(-c4nc5ccccc5n4-c4c(C(C)C)cc(C5CC[Si](C)(C)CC5)cc4C(C)C)ccc3)cc3c2oc2ccccc23)cc1-c1ccc(-c2ccccc2)cc1.[Pt+2]. The van der Waals surface area contributed by atoms with Crippen molar-refractivity contribution in [3.8, 4) is 62.1 Å². The van der Waals surface area contributed by atoms with Crippen molar-refractivity contribution in [1.82, 2.24) is 14.5 Å². The Kier molecular flexibility index (Phi) is 11.7. The summed E-state index contributed by atoms with van der Waals surface area (Å²) in [5.74, 6) is 2.86. The van der Waals surface area contributed by atoms with E-state index in [1.807, 2.05) is 91.0 Å². The minimum atomic E-state index is -2.41. The van der Waals surface area contributed by atoms with Crippen LogP contribution in [0.1, 0.15) is 84.7 Å². The Balaban J connectivity index is 0.00000596. The standard InChI is InChI=1S/C62H57N3O2Si.Pt/c1-39(2)51-33-47(44-28-30-68(6,7)31-29-44)34-52(40(3)4)60(51)65-58-22-13-12-21-56(58)64-62(65)46-18-15-19-48(32-46)66-49-35-54-50-20-11-14-23-59(50)67-61(54)55(36-49)57-37-53(41(5)38-63-57)45-26-24-43(25-27-45)42-16-9-8-10-17-42;/h8-27,33-35,37-40,44H,28-31H2,1-7H3;/q-2;+2/i5D3;. The topological polar surface area (TPSA) is 53.1 Å². The molecule has 0 aliphatic carbocycles. The van der Waals surface area contributed by atoms with E-state index in [1.165, 1.54) is 53.5 Å². The van der Waals surface area contributed by atoms with E-state index >= 15 is 0 Å². The normalized spacial score (nSPS) is 14.8. The zero-order valence-corrected chi connectivity index (χ0v) is 43.2. The molecule has 1 aliphatic heterocycles. The average Bonchev–Trinajstić information content (AvgIpc) is 3.95. The molecule has 0 unspecified atom stereocenters. The largest absolute Gasteiger partial charge is 2.00 e. The van der Waals surface area contributed by atoms with Crippen molar-refractivity contribution in [3.05, 3.63) is 186 Å². The molecule has 4 heterocycles. The van der Waals surface area contributed by atoms with Gasteiger partial charge in [0.2, 0.25) is 0 Å². The van der Waals surface area contributed by atoms with Crippen molar-refractivity contribution in [2.75, 3.05) is 0 Å². The number of aryl methyl sites for hydroxylation is 1. The number of pyridine rings is 1. The fourth-order valence-electron chi connectivity index (χ4n) is 10.3. The summed E-state index contributed by atoms with van der Waals surface area (Å²) in [6, 6.07) is 59.1. The van der Waals surface area contributed by atoms with Crippen LogP contribution in [0.25, 0.3) is 83.6 Å². The van der Waals surface area contributed by atoms with E-state index in [-0.39, 0.29) is 38.5 Å². The van der Waals surface area contributed by atoms with Crippen molar-refractivity contribution in [3.63, 3.8) is 0 Å². The number of benzene rings is 7. The summed E-state index contributed by atoms with van der Waals surface area (Å²) in [5.41, 5.74) is 14.0. The fourth-order valence-corrected chi connectivity index (χ4v) is 12.8. The van der Waals surface area contributed by atoms with Crippen LogP contribution in [-0.4, -0.2) is 22.6 Å². The predicted molar refractivity (Wildman–Crippen MR) is 284 cm³/mol. The summed E-state index contributed by atoms with van der Waals surface area (Å²) < 4.78 is 41.3. The van der Waals surface area contributed by atoms with Gasteiger partial charge >= 0.3 is 21.1 Å². The van der Waals surface area contributed by atoms with Crippen LogP contribution < -0.4 is 4.74 Å². The number of furan rings is 1. The average molecular weight is 1100 g/mol. The molecule has 11 rings (SSSR count). The number of nitrogens with zero attached hydrogens (tertiary/aromatic N) is 3. The molecule has 1 fully saturated rings. The van der Waals surface area contributed by atoms with Gasteiger partial charge in [0.15, 0.2) is 0 Å². The van der Waals surface area contributed by atoms with Gasteiger partial charge in [0, 0.05) is 41.0 Å². The van der Waals surface area contributed by atoms with Gasteiger partial charge in [-0.1, -0.05) is 185 Å². The minimum Gasteiger partial charge on any atom is -0.501 e. The number of hydrogen-bond donors (Lipinski definition) is 0. The molecule has 69 heavy (non-hydrogen) atoms. The van der Waals surface area contributed by atoms with Crippen molar-refractivity contribution in [1.29, 1.82) is 0 Å². The molecule has 0 N–H and O–H groups in total. The van der Waals surface area contributed by atoms with Crippen LogP contribution in [0.5, 0.6) is 11.5 Å². The second-order valence-corrected chi connectivity index (χ2v) is 25.3. The molecule has 7 heteroatoms. The molecule has 0 amide bonds. The van der Waals surface area contributed by atoms with E-state index in [2.05, 4.69) is 112 Å². The van der Waals surface area contributed by atoms with E-state index in [4.69, 9.17) is 23.2 Å². The van der Waals surface area contributed by atoms with Crippen LogP contribution in [-0.2, 0) is 21.1 Å². The quantitative estimate of drug-likeness (QED) is 0.101. The van der Waals surface area contributed by atoms with E-state index in [0.29, 0.717) is 45.4 Å². The van der Waals surface area contributed by atoms with Crippen LogP contribution in [0.4, 0.5) is 0 Å². The van der Waals surface area contributed by atoms with Crippen molar-refractivity contribution >= 4 is 41.0 Å². The molecular formula is C62H57N3O2PtSi. The molecule has 1 aliphatic rings. The van der Waals surface area contributed by atoms with Gasteiger partial charge < -0.3 is 18.7 Å². The monoisotopic (exact) mass is 1100 g/mol. The first-order valence-corrected chi connectivity index (χ1v) is 27.5. The Hall–Kier alpha value is -6.33. The number of rotatable bonds is 10. The summed E-state index contributed by atoms with van der Waals surface area (Å²) >= 11 is 0. The molecule has 346 valence electrons. The molecule has 10 aromatic rings. The van der Waals surface area contributed by atoms with Crippen LogP contribution in [0.15, 0.2) is 156 Å². The molecular weight excluding hydrogens is 1040 g/mol. The second-order valence-electron chi connectivity index (χ2n) is 20.0. The predicted octanol–water partition coefficient (Wildman–Crippen LogP) is 17.5. The minimum absolute atomic E-state index is 0. The first-order valence-electron chi connectivity index (χ1n) is 25.6. The van der Waals surface area contributed by atoms with Crippen LogP contribution in [0, 0.1) is 19.0 Å². The molecule has 0 spiro atoms. The Morgan fingerprint density at radius 2 is 1.39 bits per heavy atom. The third-order valence-corrected chi connectivity index (χ3v) is 17.4. The second kappa shape index (κ2) is 18.9. The molecule has 7 aromatic carbocycles. The zero-order valence-electron chi connectivity index (χ0n) is 43.0. The van der Waals surface area contributed by atoms with Gasteiger partial charge in [-0.25, -0.2) is 0 Å². The maximum absolute atomic E-state index is 8.51. The van der Waals surface area contributed by atoms with Crippen LogP contribution in [0.2, 0.25) is 25.2 Å². The summed E-state index contributed by atoms with van der Waals surface area (Å²) in [6.45, 7) is 11.9. The third-order valence-electron chi connectivity index (χ3n) is 14.1. The van der Waals surface area contributed by atoms with Gasteiger partial charge in [0.1, 0.15) is 5.58 Å². The number of hydrogen-bond acceptors (Lipinski definition) is 4. The van der Waals surface area contributed by atoms with E-state index < -0.39 is 14.9 Å². The number of para-hydroxylation sites is 3. The number of fused-ring (bicyclic) bond motifs is 4. The number of imidazole rings is 1.